The number of rotatable bonds is 5. The van der Waals surface area contributed by atoms with Crippen molar-refractivity contribution in [2.45, 2.75) is 13.5 Å². The Morgan fingerprint density at radius 2 is 1.79 bits per heavy atom. The van der Waals surface area contributed by atoms with Crippen molar-refractivity contribution in [3.63, 3.8) is 0 Å². The molecule has 122 valence electrons. The summed E-state index contributed by atoms with van der Waals surface area (Å²) in [5.74, 6) is 0.321. The minimum absolute atomic E-state index is 0.221. The summed E-state index contributed by atoms with van der Waals surface area (Å²) in [5.41, 5.74) is 3.43. The molecule has 0 amide bonds. The Kier molecular flexibility index (Phi) is 4.86. The van der Waals surface area contributed by atoms with Crippen molar-refractivity contribution < 1.29 is 14.3 Å². The summed E-state index contributed by atoms with van der Waals surface area (Å²) in [5, 5.41) is 4.06. The van der Waals surface area contributed by atoms with Gasteiger partial charge in [0, 0.05) is 5.56 Å². The van der Waals surface area contributed by atoms with Crippen LogP contribution in [0.1, 0.15) is 20.8 Å². The monoisotopic (exact) mass is 340 g/mol. The number of benzene rings is 2. The van der Waals surface area contributed by atoms with Crippen molar-refractivity contribution in [3.05, 3.63) is 64.5 Å². The minimum Gasteiger partial charge on any atom is -0.497 e. The van der Waals surface area contributed by atoms with Gasteiger partial charge in [0.2, 0.25) is 0 Å². The van der Waals surface area contributed by atoms with E-state index < -0.39 is 5.97 Å². The molecule has 5 nitrogen and oxygen atoms in total. The van der Waals surface area contributed by atoms with E-state index in [2.05, 4.69) is 9.59 Å². The molecule has 6 heteroatoms. The van der Waals surface area contributed by atoms with Crippen molar-refractivity contribution in [1.29, 1.82) is 0 Å². The number of nitrogens with zero attached hydrogens (tertiary/aromatic N) is 2. The van der Waals surface area contributed by atoms with Crippen LogP contribution in [0.15, 0.2) is 48.5 Å². The van der Waals surface area contributed by atoms with Crippen molar-refractivity contribution >= 4 is 17.5 Å². The van der Waals surface area contributed by atoms with Gasteiger partial charge in [-0.2, -0.15) is 0 Å². The van der Waals surface area contributed by atoms with Crippen molar-refractivity contribution in [2.24, 2.45) is 0 Å². The highest BCUT2D eigenvalue weighted by molar-refractivity contribution is 7.08. The molecule has 0 atom stereocenters. The van der Waals surface area contributed by atoms with Crippen LogP contribution in [-0.2, 0) is 11.3 Å². The Labute approximate surface area is 144 Å². The summed E-state index contributed by atoms with van der Waals surface area (Å²) in [6.45, 7) is 2.24. The number of aromatic nitrogens is 2. The normalized spacial score (nSPS) is 10.4. The third kappa shape index (κ3) is 3.60. The highest BCUT2D eigenvalue weighted by Crippen LogP contribution is 2.26. The van der Waals surface area contributed by atoms with Gasteiger partial charge in [-0.15, -0.1) is 5.10 Å². The fourth-order valence-electron chi connectivity index (χ4n) is 2.16. The van der Waals surface area contributed by atoms with Crippen LogP contribution in [0.3, 0.4) is 0 Å². The van der Waals surface area contributed by atoms with Gasteiger partial charge in [-0.05, 0) is 48.3 Å². The van der Waals surface area contributed by atoms with E-state index in [9.17, 15) is 4.79 Å². The molecule has 0 fully saturated rings. The number of hydrogen-bond donors (Lipinski definition) is 0. The number of carbonyl (C=O) groups excluding carboxylic acids is 1. The van der Waals surface area contributed by atoms with Gasteiger partial charge in [0.1, 0.15) is 18.1 Å². The maximum atomic E-state index is 12.3. The Morgan fingerprint density at radius 1 is 1.08 bits per heavy atom. The van der Waals surface area contributed by atoms with Crippen LogP contribution >= 0.6 is 11.5 Å². The first-order valence-corrected chi connectivity index (χ1v) is 8.14. The van der Waals surface area contributed by atoms with Gasteiger partial charge in [0.25, 0.3) is 0 Å². The summed E-state index contributed by atoms with van der Waals surface area (Å²) >= 11 is 1.03. The zero-order chi connectivity index (χ0) is 16.9. The van der Waals surface area contributed by atoms with E-state index in [4.69, 9.17) is 9.47 Å². The van der Waals surface area contributed by atoms with E-state index in [1.165, 1.54) is 5.56 Å². The molecule has 1 heterocycles. The third-order valence-electron chi connectivity index (χ3n) is 3.53. The van der Waals surface area contributed by atoms with E-state index in [0.717, 1.165) is 28.4 Å². The van der Waals surface area contributed by atoms with Crippen LogP contribution in [0.4, 0.5) is 0 Å². The smallest absolute Gasteiger partial charge is 0.352 e. The van der Waals surface area contributed by atoms with E-state index in [-0.39, 0.29) is 6.61 Å². The quantitative estimate of drug-likeness (QED) is 0.660. The second kappa shape index (κ2) is 7.23. The van der Waals surface area contributed by atoms with Gasteiger partial charge in [-0.25, -0.2) is 4.79 Å². The lowest BCUT2D eigenvalue weighted by Crippen LogP contribution is -2.05. The first-order valence-electron chi connectivity index (χ1n) is 7.37. The highest BCUT2D eigenvalue weighted by atomic mass is 32.1. The van der Waals surface area contributed by atoms with Gasteiger partial charge >= 0.3 is 5.97 Å². The van der Waals surface area contributed by atoms with Crippen LogP contribution < -0.4 is 4.74 Å². The van der Waals surface area contributed by atoms with Crippen molar-refractivity contribution in [3.8, 4) is 17.0 Å². The van der Waals surface area contributed by atoms with Crippen molar-refractivity contribution in [1.82, 2.24) is 9.59 Å². The molecule has 0 unspecified atom stereocenters. The molecule has 0 spiro atoms. The first-order chi connectivity index (χ1) is 11.7. The van der Waals surface area contributed by atoms with E-state index in [0.29, 0.717) is 10.6 Å². The zero-order valence-electron chi connectivity index (χ0n) is 13.4. The van der Waals surface area contributed by atoms with Crippen molar-refractivity contribution in [2.75, 3.05) is 7.11 Å². The predicted octanol–water partition coefficient (Wildman–Crippen LogP) is 3.88. The van der Waals surface area contributed by atoms with Gasteiger partial charge < -0.3 is 9.47 Å². The summed E-state index contributed by atoms with van der Waals surface area (Å²) in [6.07, 6.45) is 0. The molecule has 2 aromatic carbocycles. The maximum absolute atomic E-state index is 12.3. The highest BCUT2D eigenvalue weighted by Gasteiger charge is 2.19. The molecule has 3 aromatic rings. The van der Waals surface area contributed by atoms with Gasteiger partial charge in [0.05, 0.1) is 7.11 Å². The molecule has 3 rings (SSSR count). The lowest BCUT2D eigenvalue weighted by Gasteiger charge is -2.05. The van der Waals surface area contributed by atoms with Crippen LogP contribution in [0.25, 0.3) is 11.3 Å². The molecule has 0 saturated carbocycles. The van der Waals surface area contributed by atoms with E-state index >= 15 is 0 Å². The molecule has 0 aliphatic heterocycles. The molecule has 0 N–H and O–H groups in total. The molecule has 0 aliphatic rings. The number of esters is 1. The second-order valence-corrected chi connectivity index (χ2v) is 6.00. The van der Waals surface area contributed by atoms with Gasteiger partial charge in [0.15, 0.2) is 4.88 Å². The number of ether oxygens (including phenoxy) is 2. The molecule has 0 saturated heterocycles. The van der Waals surface area contributed by atoms with E-state index in [1.54, 1.807) is 7.11 Å². The number of aryl methyl sites for hydroxylation is 1. The molecular formula is C18H16N2O3S. The van der Waals surface area contributed by atoms with Gasteiger partial charge in [-0.1, -0.05) is 34.3 Å². The maximum Gasteiger partial charge on any atom is 0.352 e. The average Bonchev–Trinajstić information content (AvgIpc) is 3.11. The van der Waals surface area contributed by atoms with E-state index in [1.807, 2.05) is 55.5 Å². The Hall–Kier alpha value is -2.73. The molecular weight excluding hydrogens is 324 g/mol. The van der Waals surface area contributed by atoms with Crippen LogP contribution in [0.5, 0.6) is 5.75 Å². The van der Waals surface area contributed by atoms with Gasteiger partial charge in [-0.3, -0.25) is 0 Å². The van der Waals surface area contributed by atoms with Crippen LogP contribution in [0, 0.1) is 6.92 Å². The lowest BCUT2D eigenvalue weighted by atomic mass is 10.1. The SMILES string of the molecule is COc1ccc(-c2nnsc2C(=O)OCc2ccc(C)cc2)cc1. The number of hydrogen-bond acceptors (Lipinski definition) is 6. The lowest BCUT2D eigenvalue weighted by molar-refractivity contribution is 0.0479. The fraction of sp³-hybridized carbons (Fsp3) is 0.167. The molecule has 24 heavy (non-hydrogen) atoms. The molecule has 0 bridgehead atoms. The Balaban J connectivity index is 1.73. The summed E-state index contributed by atoms with van der Waals surface area (Å²) in [4.78, 5) is 12.7. The summed E-state index contributed by atoms with van der Waals surface area (Å²) in [7, 11) is 1.60. The third-order valence-corrected chi connectivity index (χ3v) is 4.23. The van der Waals surface area contributed by atoms with Crippen LogP contribution in [-0.4, -0.2) is 22.7 Å². The minimum atomic E-state index is -0.420. The molecule has 0 aliphatic carbocycles. The number of methoxy groups -OCH3 is 1. The fourth-order valence-corrected chi connectivity index (χ4v) is 2.74. The largest absolute Gasteiger partial charge is 0.497 e. The zero-order valence-corrected chi connectivity index (χ0v) is 14.2. The summed E-state index contributed by atoms with van der Waals surface area (Å²) in [6, 6.07) is 15.2. The standard InChI is InChI=1S/C18H16N2O3S/c1-12-3-5-13(6-4-12)11-23-18(21)17-16(19-20-24-17)14-7-9-15(22-2)10-8-14/h3-10H,11H2,1-2H3. The second-order valence-electron chi connectivity index (χ2n) is 5.24. The molecule has 1 aromatic heterocycles. The Bertz CT molecular complexity index is 826. The number of carbonyl (C=O) groups is 1. The van der Waals surface area contributed by atoms with Crippen LogP contribution in [0.2, 0.25) is 0 Å². The predicted molar refractivity (Wildman–Crippen MR) is 92.2 cm³/mol. The summed E-state index contributed by atoms with van der Waals surface area (Å²) < 4.78 is 14.4. The molecule has 0 radical (unpaired) electrons. The average molecular weight is 340 g/mol. The Morgan fingerprint density at radius 3 is 2.46 bits per heavy atom. The first kappa shape index (κ1) is 16.1. The topological polar surface area (TPSA) is 61.3 Å².